The van der Waals surface area contributed by atoms with Gasteiger partial charge in [0.2, 0.25) is 11.8 Å². The minimum absolute atomic E-state index is 0.104. The molecule has 0 unspecified atom stereocenters. The highest BCUT2D eigenvalue weighted by Gasteiger charge is 2.59. The van der Waals surface area contributed by atoms with E-state index in [1.807, 2.05) is 12.2 Å². The van der Waals surface area contributed by atoms with Crippen LogP contribution in [0.25, 0.3) is 0 Å². The summed E-state index contributed by atoms with van der Waals surface area (Å²) < 4.78 is 4.96. The lowest BCUT2D eigenvalue weighted by Gasteiger charge is -2.16. The Bertz CT molecular complexity index is 754. The number of fused-ring (bicyclic) bond motifs is 5. The summed E-state index contributed by atoms with van der Waals surface area (Å²) in [6, 6.07) is 8.49. The van der Waals surface area contributed by atoms with E-state index in [-0.39, 0.29) is 41.3 Å². The summed E-state index contributed by atoms with van der Waals surface area (Å²) in [6.45, 7) is -0.828. The van der Waals surface area contributed by atoms with Crippen molar-refractivity contribution in [3.8, 4) is 0 Å². The second kappa shape index (κ2) is 5.95. The Kier molecular flexibility index (Phi) is 3.75. The van der Waals surface area contributed by atoms with Gasteiger partial charge in [0.15, 0.2) is 12.4 Å². The molecule has 1 aliphatic heterocycles. The van der Waals surface area contributed by atoms with E-state index in [1.165, 1.54) is 0 Å². The number of ether oxygens (including phenoxy) is 1. The molecule has 4 rings (SSSR count). The molecule has 2 fully saturated rings. The molecular weight excluding hydrogens is 322 g/mol. The standard InChI is InChI=1S/C19H17NO5/c21-14(11-4-2-1-3-5-11)10-25-15(22)9-20-18(23)16-12-6-7-13(8-12)17(16)19(20)24/h1-7,12-13,16-17H,8-10H2/t12-,13-,16-,17-/m0/s1. The van der Waals surface area contributed by atoms with Crippen molar-refractivity contribution in [3.05, 3.63) is 48.0 Å². The first-order chi connectivity index (χ1) is 12.1. The normalized spacial score (nSPS) is 29.2. The van der Waals surface area contributed by atoms with Crippen molar-refractivity contribution in [2.75, 3.05) is 13.2 Å². The van der Waals surface area contributed by atoms with Crippen LogP contribution >= 0.6 is 0 Å². The van der Waals surface area contributed by atoms with Crippen molar-refractivity contribution in [2.24, 2.45) is 23.7 Å². The molecule has 2 amide bonds. The Morgan fingerprint density at radius 1 is 1.00 bits per heavy atom. The summed E-state index contributed by atoms with van der Waals surface area (Å²) in [6.07, 6.45) is 4.84. The van der Waals surface area contributed by atoms with Gasteiger partial charge in [0.05, 0.1) is 11.8 Å². The summed E-state index contributed by atoms with van der Waals surface area (Å²) >= 11 is 0. The predicted octanol–water partition coefficient (Wildman–Crippen LogP) is 1.22. The van der Waals surface area contributed by atoms with Gasteiger partial charge in [0.1, 0.15) is 6.54 Å². The summed E-state index contributed by atoms with van der Waals surface area (Å²) in [4.78, 5) is 49.9. The number of esters is 1. The Balaban J connectivity index is 1.35. The molecule has 6 heteroatoms. The third-order valence-corrected chi connectivity index (χ3v) is 5.31. The van der Waals surface area contributed by atoms with Crippen LogP contribution in [0.4, 0.5) is 0 Å². The number of hydrogen-bond donors (Lipinski definition) is 0. The number of amides is 2. The Morgan fingerprint density at radius 2 is 1.60 bits per heavy atom. The molecule has 6 nitrogen and oxygen atoms in total. The van der Waals surface area contributed by atoms with Gasteiger partial charge in [-0.15, -0.1) is 0 Å². The summed E-state index contributed by atoms with van der Waals surface area (Å²) in [5, 5.41) is 0. The number of hydrogen-bond acceptors (Lipinski definition) is 5. The third-order valence-electron chi connectivity index (χ3n) is 5.31. The number of ketones is 1. The monoisotopic (exact) mass is 339 g/mol. The molecule has 0 radical (unpaired) electrons. The Hall–Kier alpha value is -2.76. The molecule has 1 saturated heterocycles. The van der Waals surface area contributed by atoms with Crippen LogP contribution < -0.4 is 0 Å². The molecule has 1 saturated carbocycles. The minimum atomic E-state index is -0.744. The van der Waals surface area contributed by atoms with Gasteiger partial charge in [0.25, 0.3) is 0 Å². The van der Waals surface area contributed by atoms with E-state index in [2.05, 4.69) is 0 Å². The molecule has 1 aromatic rings. The van der Waals surface area contributed by atoms with E-state index in [9.17, 15) is 19.2 Å². The number of carbonyl (C=O) groups excluding carboxylic acids is 4. The second-order valence-electron chi connectivity index (χ2n) is 6.71. The fraction of sp³-hybridized carbons (Fsp3) is 0.368. The number of nitrogens with zero attached hydrogens (tertiary/aromatic N) is 1. The van der Waals surface area contributed by atoms with Crippen molar-refractivity contribution in [3.63, 3.8) is 0 Å². The molecule has 2 bridgehead atoms. The van der Waals surface area contributed by atoms with E-state index < -0.39 is 19.1 Å². The molecule has 128 valence electrons. The van der Waals surface area contributed by atoms with E-state index in [0.29, 0.717) is 5.56 Å². The van der Waals surface area contributed by atoms with Crippen LogP contribution in [0.3, 0.4) is 0 Å². The van der Waals surface area contributed by atoms with Gasteiger partial charge in [-0.1, -0.05) is 42.5 Å². The molecular formula is C19H17NO5. The lowest BCUT2D eigenvalue weighted by molar-refractivity contribution is -0.152. The average molecular weight is 339 g/mol. The fourth-order valence-corrected chi connectivity index (χ4v) is 4.15. The number of imide groups is 1. The number of likely N-dealkylation sites (tertiary alicyclic amines) is 1. The van der Waals surface area contributed by atoms with Crippen LogP contribution in [0.1, 0.15) is 16.8 Å². The van der Waals surface area contributed by atoms with Gasteiger partial charge in [0, 0.05) is 5.56 Å². The molecule has 1 heterocycles. The first-order valence-corrected chi connectivity index (χ1v) is 8.33. The first-order valence-electron chi connectivity index (χ1n) is 8.33. The number of carbonyl (C=O) groups is 4. The zero-order valence-electron chi connectivity index (χ0n) is 13.5. The quantitative estimate of drug-likeness (QED) is 0.349. The summed E-state index contributed by atoms with van der Waals surface area (Å²) in [5.41, 5.74) is 0.445. The van der Waals surface area contributed by atoms with Crippen LogP contribution in [0.5, 0.6) is 0 Å². The lowest BCUT2D eigenvalue weighted by atomic mass is 9.85. The molecule has 0 spiro atoms. The molecule has 4 atom stereocenters. The Morgan fingerprint density at radius 3 is 2.20 bits per heavy atom. The lowest BCUT2D eigenvalue weighted by Crippen LogP contribution is -2.38. The minimum Gasteiger partial charge on any atom is -0.456 e. The number of Topliss-reactive ketones (excluding diaryl/α,β-unsaturated/α-hetero) is 1. The maximum atomic E-state index is 12.5. The van der Waals surface area contributed by atoms with Gasteiger partial charge < -0.3 is 4.74 Å². The summed E-state index contributed by atoms with van der Waals surface area (Å²) in [7, 11) is 0. The third kappa shape index (κ3) is 2.58. The molecule has 3 aliphatic rings. The summed E-state index contributed by atoms with van der Waals surface area (Å²) in [5.74, 6) is -2.11. The van der Waals surface area contributed by atoms with Crippen LogP contribution in [-0.2, 0) is 19.1 Å². The zero-order chi connectivity index (χ0) is 17.6. The number of benzene rings is 1. The Labute approximate surface area is 144 Å². The average Bonchev–Trinajstić information content (AvgIpc) is 3.30. The second-order valence-corrected chi connectivity index (χ2v) is 6.71. The van der Waals surface area contributed by atoms with E-state index in [0.717, 1.165) is 11.3 Å². The highest BCUT2D eigenvalue weighted by atomic mass is 16.5. The van der Waals surface area contributed by atoms with Gasteiger partial charge in [-0.05, 0) is 18.3 Å². The predicted molar refractivity (Wildman–Crippen MR) is 86.2 cm³/mol. The molecule has 2 aliphatic carbocycles. The fourth-order valence-electron chi connectivity index (χ4n) is 4.15. The number of rotatable bonds is 5. The van der Waals surface area contributed by atoms with Crippen molar-refractivity contribution in [1.29, 1.82) is 0 Å². The smallest absolute Gasteiger partial charge is 0.326 e. The van der Waals surface area contributed by atoms with Crippen LogP contribution in [0.2, 0.25) is 0 Å². The van der Waals surface area contributed by atoms with Crippen molar-refractivity contribution >= 4 is 23.6 Å². The SMILES string of the molecule is O=C(CN1C(=O)[C@@H]2[C@@H](C1=O)[C@H]1C=C[C@H]2C1)OCC(=O)c1ccccc1. The van der Waals surface area contributed by atoms with Gasteiger partial charge in [-0.25, -0.2) is 0 Å². The van der Waals surface area contributed by atoms with Crippen LogP contribution in [-0.4, -0.2) is 41.6 Å². The maximum absolute atomic E-state index is 12.5. The number of allylic oxidation sites excluding steroid dienone is 2. The highest BCUT2D eigenvalue weighted by Crippen LogP contribution is 2.52. The van der Waals surface area contributed by atoms with Crippen molar-refractivity contribution in [1.82, 2.24) is 4.90 Å². The van der Waals surface area contributed by atoms with E-state index in [1.54, 1.807) is 30.3 Å². The maximum Gasteiger partial charge on any atom is 0.326 e. The first kappa shape index (κ1) is 15.7. The van der Waals surface area contributed by atoms with E-state index in [4.69, 9.17) is 4.74 Å². The van der Waals surface area contributed by atoms with E-state index >= 15 is 0 Å². The zero-order valence-corrected chi connectivity index (χ0v) is 13.5. The van der Waals surface area contributed by atoms with Crippen LogP contribution in [0.15, 0.2) is 42.5 Å². The van der Waals surface area contributed by atoms with Gasteiger partial charge in [-0.3, -0.25) is 24.1 Å². The van der Waals surface area contributed by atoms with Crippen molar-refractivity contribution in [2.45, 2.75) is 6.42 Å². The van der Waals surface area contributed by atoms with Gasteiger partial charge >= 0.3 is 5.97 Å². The molecule has 1 aromatic carbocycles. The van der Waals surface area contributed by atoms with Gasteiger partial charge in [-0.2, -0.15) is 0 Å². The topological polar surface area (TPSA) is 80.8 Å². The largest absolute Gasteiger partial charge is 0.456 e. The molecule has 25 heavy (non-hydrogen) atoms. The molecule has 0 aromatic heterocycles. The highest BCUT2D eigenvalue weighted by molar-refractivity contribution is 6.08. The molecule has 0 N–H and O–H groups in total. The van der Waals surface area contributed by atoms with Crippen molar-refractivity contribution < 1.29 is 23.9 Å². The van der Waals surface area contributed by atoms with Crippen LogP contribution in [0, 0.1) is 23.7 Å².